The van der Waals surface area contributed by atoms with Crippen molar-refractivity contribution in [1.82, 2.24) is 0 Å². The predicted molar refractivity (Wildman–Crippen MR) is 80.4 cm³/mol. The van der Waals surface area contributed by atoms with Gasteiger partial charge in [0.25, 0.3) is 0 Å². The number of methoxy groups -OCH3 is 1. The molecule has 0 bridgehead atoms. The van der Waals surface area contributed by atoms with Gasteiger partial charge in [-0.1, -0.05) is 11.6 Å². The molecule has 1 aliphatic rings. The van der Waals surface area contributed by atoms with E-state index in [1.54, 1.807) is 18.2 Å². The third kappa shape index (κ3) is 4.46. The highest BCUT2D eigenvalue weighted by molar-refractivity contribution is 6.32. The van der Waals surface area contributed by atoms with Gasteiger partial charge in [-0.25, -0.2) is 8.78 Å². The van der Waals surface area contributed by atoms with Gasteiger partial charge in [0, 0.05) is 25.1 Å². The van der Waals surface area contributed by atoms with E-state index < -0.39 is 5.92 Å². The lowest BCUT2D eigenvalue weighted by atomic mass is 9.79. The first-order chi connectivity index (χ1) is 9.89. The average Bonchev–Trinajstić information content (AvgIpc) is 2.36. The number of alkyl halides is 2. The molecule has 1 aromatic rings. The van der Waals surface area contributed by atoms with Crippen LogP contribution in [0.15, 0.2) is 23.2 Å². The zero-order valence-electron chi connectivity index (χ0n) is 11.7. The molecule has 0 aliphatic heterocycles. The molecule has 1 saturated carbocycles. The summed E-state index contributed by atoms with van der Waals surface area (Å²) in [5.41, 5.74) is 6.43. The molecule has 0 unspecified atom stereocenters. The molecule has 1 fully saturated rings. The van der Waals surface area contributed by atoms with Gasteiger partial charge in [0.1, 0.15) is 5.75 Å². The lowest BCUT2D eigenvalue weighted by Crippen LogP contribution is -2.35. The fourth-order valence-corrected chi connectivity index (χ4v) is 2.55. The van der Waals surface area contributed by atoms with E-state index in [0.717, 1.165) is 0 Å². The zero-order valence-corrected chi connectivity index (χ0v) is 12.5. The van der Waals surface area contributed by atoms with Gasteiger partial charge in [-0.2, -0.15) is 0 Å². The molecule has 116 valence electrons. The average molecular weight is 318 g/mol. The maximum absolute atomic E-state index is 12.7. The minimum atomic E-state index is -2.47. The van der Waals surface area contributed by atoms with Crippen molar-refractivity contribution in [1.29, 1.82) is 0 Å². The molecule has 0 atom stereocenters. The second-order valence-corrected chi connectivity index (χ2v) is 5.57. The molecule has 0 radical (unpaired) electrons. The standard InChI is InChI=1S/C14H18ClF2N3O/c1-21-12-3-2-10(6-11(12)15)20-13(18)19-5-4-9-7-14(16,17)8-9/h2-3,6,9H,4-5,7-8H2,1H3,(H3,18,19,20). The lowest BCUT2D eigenvalue weighted by molar-refractivity contribution is -0.111. The van der Waals surface area contributed by atoms with Crippen LogP contribution in [-0.2, 0) is 0 Å². The van der Waals surface area contributed by atoms with E-state index in [1.807, 2.05) is 0 Å². The molecule has 0 spiro atoms. The maximum atomic E-state index is 12.7. The van der Waals surface area contributed by atoms with Crippen molar-refractivity contribution < 1.29 is 13.5 Å². The molecule has 2 rings (SSSR count). The first-order valence-electron chi connectivity index (χ1n) is 6.68. The minimum Gasteiger partial charge on any atom is -0.495 e. The largest absolute Gasteiger partial charge is 0.495 e. The summed E-state index contributed by atoms with van der Waals surface area (Å²) in [6.07, 6.45) is 0.551. The first-order valence-corrected chi connectivity index (χ1v) is 7.06. The summed E-state index contributed by atoms with van der Waals surface area (Å²) < 4.78 is 30.4. The van der Waals surface area contributed by atoms with Gasteiger partial charge in [-0.15, -0.1) is 0 Å². The number of guanidine groups is 1. The lowest BCUT2D eigenvalue weighted by Gasteiger charge is -2.34. The van der Waals surface area contributed by atoms with Crippen molar-refractivity contribution in [2.75, 3.05) is 19.0 Å². The van der Waals surface area contributed by atoms with Crippen LogP contribution in [-0.4, -0.2) is 25.5 Å². The van der Waals surface area contributed by atoms with Crippen molar-refractivity contribution >= 4 is 23.2 Å². The fourth-order valence-electron chi connectivity index (χ4n) is 2.29. The predicted octanol–water partition coefficient (Wildman–Crippen LogP) is 3.51. The third-order valence-electron chi connectivity index (χ3n) is 3.42. The van der Waals surface area contributed by atoms with Crippen LogP contribution in [0.2, 0.25) is 5.02 Å². The zero-order chi connectivity index (χ0) is 15.5. The molecule has 21 heavy (non-hydrogen) atoms. The highest BCUT2D eigenvalue weighted by Crippen LogP contribution is 2.43. The van der Waals surface area contributed by atoms with Crippen molar-refractivity contribution in [2.24, 2.45) is 16.6 Å². The highest BCUT2D eigenvalue weighted by Gasteiger charge is 2.44. The third-order valence-corrected chi connectivity index (χ3v) is 3.71. The Morgan fingerprint density at radius 3 is 2.81 bits per heavy atom. The summed E-state index contributed by atoms with van der Waals surface area (Å²) in [4.78, 5) is 4.13. The number of hydrogen-bond acceptors (Lipinski definition) is 2. The normalized spacial score (nSPS) is 18.2. The first kappa shape index (κ1) is 15.8. The maximum Gasteiger partial charge on any atom is 0.248 e. The molecule has 0 amide bonds. The quantitative estimate of drug-likeness (QED) is 0.645. The van der Waals surface area contributed by atoms with E-state index in [9.17, 15) is 8.78 Å². The van der Waals surface area contributed by atoms with E-state index in [2.05, 4.69) is 10.3 Å². The second-order valence-electron chi connectivity index (χ2n) is 5.16. The number of ether oxygens (including phenoxy) is 1. The number of hydrogen-bond donors (Lipinski definition) is 2. The fraction of sp³-hybridized carbons (Fsp3) is 0.500. The van der Waals surface area contributed by atoms with Gasteiger partial charge >= 0.3 is 0 Å². The Hall–Kier alpha value is -1.56. The highest BCUT2D eigenvalue weighted by atomic mass is 35.5. The van der Waals surface area contributed by atoms with Gasteiger partial charge < -0.3 is 15.8 Å². The number of rotatable bonds is 5. The van der Waals surface area contributed by atoms with Crippen LogP contribution in [0.5, 0.6) is 5.75 Å². The summed E-state index contributed by atoms with van der Waals surface area (Å²) in [6, 6.07) is 5.16. The van der Waals surface area contributed by atoms with E-state index in [-0.39, 0.29) is 24.7 Å². The number of halogens is 3. The Labute approximate surface area is 127 Å². The summed E-state index contributed by atoms with van der Waals surface area (Å²) in [5.74, 6) is -1.61. The second kappa shape index (κ2) is 6.47. The van der Waals surface area contributed by atoms with E-state index in [4.69, 9.17) is 22.1 Å². The van der Waals surface area contributed by atoms with Crippen molar-refractivity contribution in [3.05, 3.63) is 23.2 Å². The number of nitrogens with one attached hydrogen (secondary N) is 1. The van der Waals surface area contributed by atoms with E-state index in [0.29, 0.717) is 29.4 Å². The Bertz CT molecular complexity index is 529. The monoisotopic (exact) mass is 317 g/mol. The molecule has 0 saturated heterocycles. The minimum absolute atomic E-state index is 0.0378. The molecule has 1 aliphatic carbocycles. The molecule has 4 nitrogen and oxygen atoms in total. The molecule has 3 N–H and O–H groups in total. The topological polar surface area (TPSA) is 59.6 Å². The number of nitrogens with two attached hydrogens (primary N) is 1. The van der Waals surface area contributed by atoms with Crippen LogP contribution >= 0.6 is 11.6 Å². The van der Waals surface area contributed by atoms with Gasteiger partial charge in [0.05, 0.1) is 12.1 Å². The SMILES string of the molecule is COc1ccc(NC(N)=NCCC2CC(F)(F)C2)cc1Cl. The summed E-state index contributed by atoms with van der Waals surface area (Å²) >= 11 is 6.00. The van der Waals surface area contributed by atoms with Crippen LogP contribution in [0.25, 0.3) is 0 Å². The summed E-state index contributed by atoms with van der Waals surface area (Å²) in [5, 5.41) is 3.36. The van der Waals surface area contributed by atoms with Crippen molar-refractivity contribution in [3.8, 4) is 5.75 Å². The Balaban J connectivity index is 1.79. The molecular weight excluding hydrogens is 300 g/mol. The molecular formula is C14H18ClF2N3O. The van der Waals surface area contributed by atoms with E-state index >= 15 is 0 Å². The van der Waals surface area contributed by atoms with Crippen molar-refractivity contribution in [2.45, 2.75) is 25.2 Å². The van der Waals surface area contributed by atoms with Gasteiger partial charge in [-0.3, -0.25) is 4.99 Å². The summed E-state index contributed by atoms with van der Waals surface area (Å²) in [7, 11) is 1.54. The van der Waals surface area contributed by atoms with Crippen LogP contribution in [0.1, 0.15) is 19.3 Å². The Morgan fingerprint density at radius 1 is 1.52 bits per heavy atom. The van der Waals surface area contributed by atoms with Crippen LogP contribution in [0.3, 0.4) is 0 Å². The molecule has 0 heterocycles. The number of anilines is 1. The van der Waals surface area contributed by atoms with Gasteiger partial charge in [0.2, 0.25) is 5.92 Å². The Morgan fingerprint density at radius 2 is 2.24 bits per heavy atom. The number of aliphatic imine (C=N–C) groups is 1. The van der Waals surface area contributed by atoms with Gasteiger partial charge in [0.15, 0.2) is 5.96 Å². The van der Waals surface area contributed by atoms with Crippen molar-refractivity contribution in [3.63, 3.8) is 0 Å². The summed E-state index contributed by atoms with van der Waals surface area (Å²) in [6.45, 7) is 0.434. The van der Waals surface area contributed by atoms with Crippen LogP contribution in [0.4, 0.5) is 14.5 Å². The van der Waals surface area contributed by atoms with Crippen LogP contribution < -0.4 is 15.8 Å². The van der Waals surface area contributed by atoms with Crippen LogP contribution in [0, 0.1) is 5.92 Å². The molecule has 0 aromatic heterocycles. The molecule has 7 heteroatoms. The Kier molecular flexibility index (Phi) is 4.88. The van der Waals surface area contributed by atoms with E-state index in [1.165, 1.54) is 7.11 Å². The van der Waals surface area contributed by atoms with Gasteiger partial charge in [-0.05, 0) is 30.5 Å². The smallest absolute Gasteiger partial charge is 0.248 e. The molecule has 1 aromatic carbocycles. The number of nitrogens with zero attached hydrogens (tertiary/aromatic N) is 1. The number of benzene rings is 1.